The molecule has 5 rings (SSSR count). The molecule has 1 amide bonds. The molecule has 0 saturated heterocycles. The number of nitrogens with one attached hydrogen (secondary N) is 1. The Morgan fingerprint density at radius 1 is 0.944 bits per heavy atom. The number of anilines is 1. The first-order valence-electron chi connectivity index (χ1n) is 10.8. The normalized spacial score (nSPS) is 11.9. The highest BCUT2D eigenvalue weighted by Gasteiger charge is 2.21. The third kappa shape index (κ3) is 4.69. The lowest BCUT2D eigenvalue weighted by molar-refractivity contribution is -0.123. The second-order valence-corrected chi connectivity index (χ2v) is 8.15. The fraction of sp³-hybridized carbons (Fsp3) is 0.0769. The van der Waals surface area contributed by atoms with Crippen LogP contribution in [0.1, 0.15) is 17.3 Å². The van der Waals surface area contributed by atoms with Gasteiger partial charge in [-0.2, -0.15) is 0 Å². The van der Waals surface area contributed by atoms with Crippen LogP contribution < -0.4 is 5.32 Å². The molecule has 1 unspecified atom stereocenters. The standard InChI is InChI=1S/C26H17ClFN3O5/c1-14(25(32)29-16-7-8-18(28)17(27)13-16)36-26(33)15-6-9-19-20(12-15)31-24(22-5-3-11-35-22)23(30-19)21-4-2-10-34-21/h2-14H,1H3,(H,29,32). The van der Waals surface area contributed by atoms with Gasteiger partial charge in [-0.25, -0.2) is 19.2 Å². The number of carbonyl (C=O) groups excluding carboxylic acids is 2. The van der Waals surface area contributed by atoms with Gasteiger partial charge in [-0.1, -0.05) is 11.6 Å². The summed E-state index contributed by atoms with van der Waals surface area (Å²) >= 11 is 5.74. The van der Waals surface area contributed by atoms with E-state index in [2.05, 4.69) is 15.3 Å². The maximum Gasteiger partial charge on any atom is 0.338 e. The van der Waals surface area contributed by atoms with E-state index in [4.69, 9.17) is 25.2 Å². The van der Waals surface area contributed by atoms with Crippen molar-refractivity contribution in [3.05, 3.63) is 89.6 Å². The summed E-state index contributed by atoms with van der Waals surface area (Å²) < 4.78 is 29.7. The molecule has 0 aliphatic rings. The molecule has 3 aromatic heterocycles. The Hall–Kier alpha value is -4.50. The van der Waals surface area contributed by atoms with Crippen molar-refractivity contribution in [1.82, 2.24) is 9.97 Å². The second kappa shape index (κ2) is 9.63. The zero-order valence-electron chi connectivity index (χ0n) is 18.7. The van der Waals surface area contributed by atoms with Crippen LogP contribution in [-0.2, 0) is 9.53 Å². The van der Waals surface area contributed by atoms with Gasteiger partial charge in [0.25, 0.3) is 5.91 Å². The number of esters is 1. The summed E-state index contributed by atoms with van der Waals surface area (Å²) in [5, 5.41) is 2.39. The van der Waals surface area contributed by atoms with E-state index in [0.29, 0.717) is 33.9 Å². The van der Waals surface area contributed by atoms with Crippen LogP contribution in [0, 0.1) is 5.82 Å². The van der Waals surface area contributed by atoms with Gasteiger partial charge in [0.1, 0.15) is 17.2 Å². The molecule has 0 fully saturated rings. The van der Waals surface area contributed by atoms with E-state index in [-0.39, 0.29) is 16.3 Å². The molecule has 5 aromatic rings. The molecule has 180 valence electrons. The van der Waals surface area contributed by atoms with Crippen LogP contribution in [-0.4, -0.2) is 27.9 Å². The van der Waals surface area contributed by atoms with Crippen LogP contribution in [0.15, 0.2) is 82.0 Å². The van der Waals surface area contributed by atoms with E-state index in [1.165, 1.54) is 43.7 Å². The summed E-state index contributed by atoms with van der Waals surface area (Å²) in [4.78, 5) is 34.5. The molecule has 3 heterocycles. The van der Waals surface area contributed by atoms with Crippen LogP contribution in [0.2, 0.25) is 5.02 Å². The lowest BCUT2D eigenvalue weighted by atomic mass is 10.1. The number of aromatic nitrogens is 2. The van der Waals surface area contributed by atoms with Gasteiger partial charge in [-0.05, 0) is 67.6 Å². The Morgan fingerprint density at radius 3 is 2.22 bits per heavy atom. The average molecular weight is 506 g/mol. The molecule has 36 heavy (non-hydrogen) atoms. The molecule has 10 heteroatoms. The molecule has 0 aliphatic heterocycles. The van der Waals surface area contributed by atoms with Crippen molar-refractivity contribution in [3.8, 4) is 22.9 Å². The van der Waals surface area contributed by atoms with Gasteiger partial charge in [0.15, 0.2) is 17.6 Å². The molecule has 0 saturated carbocycles. The summed E-state index contributed by atoms with van der Waals surface area (Å²) in [7, 11) is 0. The number of hydrogen-bond acceptors (Lipinski definition) is 7. The largest absolute Gasteiger partial charge is 0.463 e. The number of amides is 1. The van der Waals surface area contributed by atoms with Gasteiger partial charge in [0.05, 0.1) is 34.1 Å². The first-order valence-corrected chi connectivity index (χ1v) is 11.1. The molecule has 0 aliphatic carbocycles. The minimum absolute atomic E-state index is 0.140. The summed E-state index contributed by atoms with van der Waals surface area (Å²) in [5.41, 5.74) is 2.32. The third-order valence-corrected chi connectivity index (χ3v) is 5.54. The molecule has 1 N–H and O–H groups in total. The SMILES string of the molecule is CC(OC(=O)c1ccc2nc(-c3ccco3)c(-c3ccco3)nc2c1)C(=O)Nc1ccc(F)c(Cl)c1. The molecule has 0 bridgehead atoms. The summed E-state index contributed by atoms with van der Waals surface area (Å²) in [6, 6.07) is 15.4. The van der Waals surface area contributed by atoms with E-state index in [0.717, 1.165) is 6.07 Å². The van der Waals surface area contributed by atoms with Crippen LogP contribution in [0.4, 0.5) is 10.1 Å². The quantitative estimate of drug-likeness (QED) is 0.277. The second-order valence-electron chi connectivity index (χ2n) is 7.74. The maximum atomic E-state index is 13.3. The summed E-state index contributed by atoms with van der Waals surface area (Å²) in [5.74, 6) is -0.945. The molecule has 8 nitrogen and oxygen atoms in total. The zero-order chi connectivity index (χ0) is 25.2. The minimum atomic E-state index is -1.14. The van der Waals surface area contributed by atoms with Crippen molar-refractivity contribution in [2.75, 3.05) is 5.32 Å². The molecule has 0 radical (unpaired) electrons. The van der Waals surface area contributed by atoms with Crippen molar-refractivity contribution in [2.45, 2.75) is 13.0 Å². The highest BCUT2D eigenvalue weighted by atomic mass is 35.5. The van der Waals surface area contributed by atoms with E-state index >= 15 is 0 Å². The predicted octanol–water partition coefficient (Wildman–Crippen LogP) is 6.13. The number of nitrogens with zero attached hydrogens (tertiary/aromatic N) is 2. The summed E-state index contributed by atoms with van der Waals surface area (Å²) in [6.45, 7) is 1.42. The molecular formula is C26H17ClFN3O5. The fourth-order valence-electron chi connectivity index (χ4n) is 3.45. The highest BCUT2D eigenvalue weighted by Crippen LogP contribution is 2.31. The summed E-state index contributed by atoms with van der Waals surface area (Å²) in [6.07, 6.45) is 1.92. The van der Waals surface area contributed by atoms with Crippen LogP contribution in [0.3, 0.4) is 0 Å². The monoisotopic (exact) mass is 505 g/mol. The van der Waals surface area contributed by atoms with Gasteiger partial charge < -0.3 is 18.9 Å². The number of halogens is 2. The molecule has 0 spiro atoms. The topological polar surface area (TPSA) is 107 Å². The first kappa shape index (κ1) is 23.3. The van der Waals surface area contributed by atoms with Crippen molar-refractivity contribution in [1.29, 1.82) is 0 Å². The third-order valence-electron chi connectivity index (χ3n) is 5.25. The molecule has 2 aromatic carbocycles. The van der Waals surface area contributed by atoms with Crippen LogP contribution in [0.5, 0.6) is 0 Å². The van der Waals surface area contributed by atoms with Crippen molar-refractivity contribution in [2.24, 2.45) is 0 Å². The Balaban J connectivity index is 1.38. The Kier molecular flexibility index (Phi) is 6.22. The van der Waals surface area contributed by atoms with Crippen LogP contribution >= 0.6 is 11.6 Å². The predicted molar refractivity (Wildman–Crippen MR) is 130 cm³/mol. The lowest BCUT2D eigenvalue weighted by Gasteiger charge is -2.14. The van der Waals surface area contributed by atoms with Crippen LogP contribution in [0.25, 0.3) is 33.9 Å². The molecule has 1 atom stereocenters. The average Bonchev–Trinajstić information content (AvgIpc) is 3.60. The smallest absolute Gasteiger partial charge is 0.338 e. The lowest BCUT2D eigenvalue weighted by Crippen LogP contribution is -2.30. The zero-order valence-corrected chi connectivity index (χ0v) is 19.5. The highest BCUT2D eigenvalue weighted by molar-refractivity contribution is 6.31. The Bertz CT molecular complexity index is 1570. The number of rotatable bonds is 6. The number of furan rings is 2. The van der Waals surface area contributed by atoms with E-state index < -0.39 is 23.8 Å². The van der Waals surface area contributed by atoms with E-state index in [9.17, 15) is 14.0 Å². The Morgan fingerprint density at radius 2 is 1.61 bits per heavy atom. The number of benzene rings is 2. The van der Waals surface area contributed by atoms with E-state index in [1.54, 1.807) is 30.3 Å². The number of hydrogen-bond donors (Lipinski definition) is 1. The first-order chi connectivity index (χ1) is 17.4. The van der Waals surface area contributed by atoms with Gasteiger partial charge in [0.2, 0.25) is 0 Å². The fourth-order valence-corrected chi connectivity index (χ4v) is 3.63. The van der Waals surface area contributed by atoms with Gasteiger partial charge in [-0.3, -0.25) is 4.79 Å². The van der Waals surface area contributed by atoms with Gasteiger partial charge in [0, 0.05) is 5.69 Å². The van der Waals surface area contributed by atoms with Gasteiger partial charge in [-0.15, -0.1) is 0 Å². The number of ether oxygens (including phenoxy) is 1. The van der Waals surface area contributed by atoms with Crippen molar-refractivity contribution in [3.63, 3.8) is 0 Å². The van der Waals surface area contributed by atoms with Crippen molar-refractivity contribution < 1.29 is 27.6 Å². The maximum absolute atomic E-state index is 13.3. The van der Waals surface area contributed by atoms with Crippen molar-refractivity contribution >= 4 is 40.2 Å². The van der Waals surface area contributed by atoms with E-state index in [1.807, 2.05) is 0 Å². The number of fused-ring (bicyclic) bond motifs is 1. The van der Waals surface area contributed by atoms with Gasteiger partial charge >= 0.3 is 5.97 Å². The molecular weight excluding hydrogens is 489 g/mol. The Labute approximate surface area is 208 Å². The number of carbonyl (C=O) groups is 2. The minimum Gasteiger partial charge on any atom is -0.463 e.